The van der Waals surface area contributed by atoms with E-state index in [2.05, 4.69) is 5.32 Å². The predicted octanol–water partition coefficient (Wildman–Crippen LogP) is 2.67. The molecule has 1 amide bonds. The molecular weight excluding hydrogens is 242 g/mol. The van der Waals surface area contributed by atoms with Crippen molar-refractivity contribution in [3.8, 4) is 0 Å². The number of rotatable bonds is 4. The van der Waals surface area contributed by atoms with Gasteiger partial charge >= 0.3 is 6.09 Å². The van der Waals surface area contributed by atoms with Gasteiger partial charge in [0, 0.05) is 6.54 Å². The first-order valence-electron chi connectivity index (χ1n) is 6.25. The normalized spacial score (nSPS) is 14.3. The highest BCUT2D eigenvalue weighted by Crippen LogP contribution is 2.20. The monoisotopic (exact) mass is 263 g/mol. The molecule has 0 saturated carbocycles. The third-order valence-corrected chi connectivity index (χ3v) is 2.69. The zero-order valence-corrected chi connectivity index (χ0v) is 11.9. The van der Waals surface area contributed by atoms with Crippen LogP contribution in [0.15, 0.2) is 30.3 Å². The van der Waals surface area contributed by atoms with Gasteiger partial charge in [-0.1, -0.05) is 30.3 Å². The van der Waals surface area contributed by atoms with Gasteiger partial charge < -0.3 is 14.8 Å². The lowest BCUT2D eigenvalue weighted by Gasteiger charge is -2.25. The van der Waals surface area contributed by atoms with E-state index in [1.807, 2.05) is 30.3 Å². The van der Waals surface area contributed by atoms with Gasteiger partial charge in [-0.3, -0.25) is 0 Å². The fourth-order valence-corrected chi connectivity index (χ4v) is 1.60. The smallest absolute Gasteiger partial charge is 0.407 e. The SMILES string of the molecule is CC(C)(C)OC(=O)NC[C@](C)(C=O)c1ccccc1. The van der Waals surface area contributed by atoms with Crippen LogP contribution in [0.5, 0.6) is 0 Å². The molecule has 1 N–H and O–H groups in total. The summed E-state index contributed by atoms with van der Waals surface area (Å²) in [5.74, 6) is 0. The Hall–Kier alpha value is -1.84. The van der Waals surface area contributed by atoms with Crippen molar-refractivity contribution in [1.29, 1.82) is 0 Å². The fraction of sp³-hybridized carbons (Fsp3) is 0.467. The molecule has 104 valence electrons. The third kappa shape index (κ3) is 4.73. The van der Waals surface area contributed by atoms with Crippen molar-refractivity contribution >= 4 is 12.4 Å². The predicted molar refractivity (Wildman–Crippen MR) is 74.1 cm³/mol. The summed E-state index contributed by atoms with van der Waals surface area (Å²) < 4.78 is 5.15. The van der Waals surface area contributed by atoms with E-state index in [4.69, 9.17) is 4.74 Å². The number of aldehydes is 1. The molecule has 4 nitrogen and oxygen atoms in total. The summed E-state index contributed by atoms with van der Waals surface area (Å²) in [5.41, 5.74) is -0.437. The number of carbonyl (C=O) groups is 2. The van der Waals surface area contributed by atoms with Gasteiger partial charge in [-0.05, 0) is 33.3 Å². The highest BCUT2D eigenvalue weighted by Gasteiger charge is 2.27. The molecule has 0 aromatic heterocycles. The van der Waals surface area contributed by atoms with Crippen molar-refractivity contribution in [1.82, 2.24) is 5.32 Å². The molecule has 0 aliphatic heterocycles. The van der Waals surface area contributed by atoms with Crippen molar-refractivity contribution in [2.45, 2.75) is 38.7 Å². The lowest BCUT2D eigenvalue weighted by atomic mass is 9.84. The van der Waals surface area contributed by atoms with E-state index in [9.17, 15) is 9.59 Å². The number of ether oxygens (including phenoxy) is 1. The molecule has 1 aromatic rings. The highest BCUT2D eigenvalue weighted by atomic mass is 16.6. The second-order valence-corrected chi connectivity index (χ2v) is 5.76. The van der Waals surface area contributed by atoms with Gasteiger partial charge in [0.15, 0.2) is 0 Å². The van der Waals surface area contributed by atoms with Crippen LogP contribution >= 0.6 is 0 Å². The minimum absolute atomic E-state index is 0.204. The van der Waals surface area contributed by atoms with Crippen LogP contribution in [0.2, 0.25) is 0 Å². The summed E-state index contributed by atoms with van der Waals surface area (Å²) in [4.78, 5) is 22.9. The standard InChI is InChI=1S/C15H21NO3/c1-14(2,3)19-13(18)16-10-15(4,11-17)12-8-6-5-7-9-12/h5-9,11H,10H2,1-4H3,(H,16,18)/t15-/m1/s1. The molecule has 4 heteroatoms. The van der Waals surface area contributed by atoms with E-state index in [1.165, 1.54) is 0 Å². The van der Waals surface area contributed by atoms with Crippen molar-refractivity contribution in [2.75, 3.05) is 6.54 Å². The number of nitrogens with one attached hydrogen (secondary N) is 1. The molecule has 0 aliphatic carbocycles. The maximum Gasteiger partial charge on any atom is 0.407 e. The Bertz CT molecular complexity index is 436. The van der Waals surface area contributed by atoms with E-state index in [1.54, 1.807) is 27.7 Å². The van der Waals surface area contributed by atoms with Crippen molar-refractivity contribution in [2.24, 2.45) is 0 Å². The lowest BCUT2D eigenvalue weighted by Crippen LogP contribution is -2.42. The lowest BCUT2D eigenvalue weighted by molar-refractivity contribution is -0.112. The van der Waals surface area contributed by atoms with Gasteiger partial charge in [0.2, 0.25) is 0 Å². The fourth-order valence-electron chi connectivity index (χ4n) is 1.60. The van der Waals surface area contributed by atoms with Gasteiger partial charge in [-0.15, -0.1) is 0 Å². The summed E-state index contributed by atoms with van der Waals surface area (Å²) in [6.45, 7) is 7.37. The van der Waals surface area contributed by atoms with Gasteiger partial charge in [0.1, 0.15) is 11.9 Å². The van der Waals surface area contributed by atoms with Crippen LogP contribution in [0.1, 0.15) is 33.3 Å². The summed E-state index contributed by atoms with van der Waals surface area (Å²) in [5, 5.41) is 2.64. The van der Waals surface area contributed by atoms with Crippen molar-refractivity contribution in [3.05, 3.63) is 35.9 Å². The maximum atomic E-state index is 11.6. The van der Waals surface area contributed by atoms with Gasteiger partial charge in [-0.2, -0.15) is 0 Å². The molecular formula is C15H21NO3. The van der Waals surface area contributed by atoms with Crippen LogP contribution in [0, 0.1) is 0 Å². The summed E-state index contributed by atoms with van der Waals surface area (Å²) >= 11 is 0. The highest BCUT2D eigenvalue weighted by molar-refractivity contribution is 5.72. The van der Waals surface area contributed by atoms with Crippen LogP contribution < -0.4 is 5.32 Å². The Labute approximate surface area is 114 Å². The topological polar surface area (TPSA) is 55.4 Å². The average molecular weight is 263 g/mol. The largest absolute Gasteiger partial charge is 0.444 e. The van der Waals surface area contributed by atoms with Crippen LogP contribution in [0.3, 0.4) is 0 Å². The molecule has 0 aliphatic rings. The van der Waals surface area contributed by atoms with E-state index >= 15 is 0 Å². The van der Waals surface area contributed by atoms with E-state index in [0.717, 1.165) is 11.8 Å². The first-order chi connectivity index (χ1) is 8.77. The Morgan fingerprint density at radius 2 is 1.79 bits per heavy atom. The van der Waals surface area contributed by atoms with E-state index < -0.39 is 17.1 Å². The van der Waals surface area contributed by atoms with Crippen molar-refractivity contribution < 1.29 is 14.3 Å². The molecule has 0 spiro atoms. The molecule has 19 heavy (non-hydrogen) atoms. The minimum atomic E-state index is -0.752. The Kier molecular flexibility index (Phi) is 4.70. The molecule has 1 aromatic carbocycles. The van der Waals surface area contributed by atoms with Crippen molar-refractivity contribution in [3.63, 3.8) is 0 Å². The summed E-state index contributed by atoms with van der Waals surface area (Å²) in [7, 11) is 0. The Balaban J connectivity index is 2.68. The van der Waals surface area contributed by atoms with E-state index in [-0.39, 0.29) is 6.54 Å². The zero-order chi connectivity index (χ0) is 14.5. The molecule has 1 atom stereocenters. The van der Waals surface area contributed by atoms with Crippen LogP contribution in [-0.2, 0) is 14.9 Å². The first kappa shape index (κ1) is 15.2. The number of amides is 1. The minimum Gasteiger partial charge on any atom is -0.444 e. The molecule has 1 rings (SSSR count). The van der Waals surface area contributed by atoms with Crippen LogP contribution in [0.25, 0.3) is 0 Å². The summed E-state index contributed by atoms with van der Waals surface area (Å²) in [6, 6.07) is 9.35. The molecule has 0 unspecified atom stereocenters. The number of hydrogen-bond acceptors (Lipinski definition) is 3. The molecule has 0 radical (unpaired) electrons. The second kappa shape index (κ2) is 5.87. The number of hydrogen-bond donors (Lipinski definition) is 1. The second-order valence-electron chi connectivity index (χ2n) is 5.76. The van der Waals surface area contributed by atoms with Gasteiger partial charge in [0.25, 0.3) is 0 Å². The number of alkyl carbamates (subject to hydrolysis) is 1. The Morgan fingerprint density at radius 1 is 1.21 bits per heavy atom. The zero-order valence-electron chi connectivity index (χ0n) is 11.9. The summed E-state index contributed by atoms with van der Waals surface area (Å²) in [6.07, 6.45) is 0.330. The average Bonchev–Trinajstić information content (AvgIpc) is 2.35. The van der Waals surface area contributed by atoms with Crippen LogP contribution in [-0.4, -0.2) is 24.5 Å². The quantitative estimate of drug-likeness (QED) is 0.850. The molecule has 0 saturated heterocycles. The van der Waals surface area contributed by atoms with Gasteiger partial charge in [-0.25, -0.2) is 4.79 Å². The molecule has 0 fully saturated rings. The number of carbonyl (C=O) groups excluding carboxylic acids is 2. The maximum absolute atomic E-state index is 11.6. The first-order valence-corrected chi connectivity index (χ1v) is 6.25. The van der Waals surface area contributed by atoms with Crippen LogP contribution in [0.4, 0.5) is 4.79 Å². The number of benzene rings is 1. The Morgan fingerprint density at radius 3 is 2.26 bits per heavy atom. The molecule has 0 heterocycles. The third-order valence-electron chi connectivity index (χ3n) is 2.69. The molecule has 0 bridgehead atoms. The van der Waals surface area contributed by atoms with Gasteiger partial charge in [0.05, 0.1) is 5.41 Å². The van der Waals surface area contributed by atoms with E-state index in [0.29, 0.717) is 0 Å².